The average Bonchev–Trinajstić information content (AvgIpc) is 2.60. The smallest absolute Gasteiger partial charge is 0.434 e. The number of rotatable bonds is 11. The van der Waals surface area contributed by atoms with Crippen molar-refractivity contribution in [2.45, 2.75) is 46.8 Å². The summed E-state index contributed by atoms with van der Waals surface area (Å²) in [6, 6.07) is 2.80. The Morgan fingerprint density at radius 1 is 1.15 bits per heavy atom. The van der Waals surface area contributed by atoms with Gasteiger partial charge < -0.3 is 19.1 Å². The van der Waals surface area contributed by atoms with Gasteiger partial charge in [0.1, 0.15) is 19.0 Å². The summed E-state index contributed by atoms with van der Waals surface area (Å²) in [5.74, 6) is 0.447. The molecule has 1 atom stereocenters. The van der Waals surface area contributed by atoms with Crippen LogP contribution in [0.15, 0.2) is 12.1 Å². The van der Waals surface area contributed by atoms with Gasteiger partial charge in [0, 0.05) is 0 Å². The van der Waals surface area contributed by atoms with E-state index in [1.54, 1.807) is 6.92 Å². The van der Waals surface area contributed by atoms with Crippen LogP contribution in [0.5, 0.6) is 5.75 Å². The van der Waals surface area contributed by atoms with Crippen LogP contribution in [0.25, 0.3) is 0 Å². The number of hydrogen-bond donors (Lipinski definition) is 0. The second-order valence-corrected chi connectivity index (χ2v) is 5.87. The molecular formula is C16H22N2O9. The first-order valence-corrected chi connectivity index (χ1v) is 8.24. The fraction of sp³-hybridized carbons (Fsp3) is 0.562. The second-order valence-electron chi connectivity index (χ2n) is 5.87. The fourth-order valence-electron chi connectivity index (χ4n) is 2.06. The average molecular weight is 386 g/mol. The standard InChI is InChI=1S/C16H22N2O9/c1-4-11(2)5-6-24-16(19)27-15-8-13(9-25-17(20)21)7-14(12(15)3)10-26-18(22)23/h7-8,11H,4-6,9-10H2,1-3H3. The fourth-order valence-corrected chi connectivity index (χ4v) is 2.06. The molecule has 0 aliphatic heterocycles. The Morgan fingerprint density at radius 2 is 1.78 bits per heavy atom. The minimum absolute atomic E-state index is 0.0509. The molecule has 11 nitrogen and oxygen atoms in total. The highest BCUT2D eigenvalue weighted by atomic mass is 17.0. The molecule has 0 aliphatic carbocycles. The number of carbonyl (C=O) groups excluding carboxylic acids is 1. The Hall–Kier alpha value is -3.11. The molecule has 1 aromatic carbocycles. The van der Waals surface area contributed by atoms with Crippen LogP contribution in [-0.4, -0.2) is 22.9 Å². The molecule has 0 N–H and O–H groups in total. The van der Waals surface area contributed by atoms with E-state index in [4.69, 9.17) is 9.47 Å². The monoisotopic (exact) mass is 386 g/mol. The molecule has 0 aliphatic rings. The third-order valence-corrected chi connectivity index (χ3v) is 3.91. The Morgan fingerprint density at radius 3 is 2.37 bits per heavy atom. The summed E-state index contributed by atoms with van der Waals surface area (Å²) < 4.78 is 10.2. The lowest BCUT2D eigenvalue weighted by atomic mass is 10.0. The first-order chi connectivity index (χ1) is 12.7. The molecule has 0 saturated heterocycles. The van der Waals surface area contributed by atoms with E-state index in [2.05, 4.69) is 9.68 Å². The molecule has 0 aromatic heterocycles. The maximum atomic E-state index is 11.9. The lowest BCUT2D eigenvalue weighted by Gasteiger charge is -2.14. The number of benzene rings is 1. The van der Waals surface area contributed by atoms with Gasteiger partial charge in [-0.3, -0.25) is 0 Å². The summed E-state index contributed by atoms with van der Waals surface area (Å²) in [7, 11) is 0. The lowest BCUT2D eigenvalue weighted by Crippen LogP contribution is -2.14. The van der Waals surface area contributed by atoms with E-state index >= 15 is 0 Å². The summed E-state index contributed by atoms with van der Waals surface area (Å²) in [4.78, 5) is 41.3. The zero-order valence-corrected chi connectivity index (χ0v) is 15.3. The van der Waals surface area contributed by atoms with Crippen LogP contribution >= 0.6 is 0 Å². The molecule has 0 saturated carbocycles. The highest BCUT2D eigenvalue weighted by molar-refractivity contribution is 5.65. The maximum absolute atomic E-state index is 11.9. The SMILES string of the molecule is CCC(C)CCOC(=O)Oc1cc(CO[N+](=O)[O-])cc(CO[N+](=O)[O-])c1C. The third kappa shape index (κ3) is 8.21. The van der Waals surface area contributed by atoms with Gasteiger partial charge in [0.2, 0.25) is 0 Å². The van der Waals surface area contributed by atoms with Crippen molar-refractivity contribution in [2.24, 2.45) is 5.92 Å². The molecule has 0 spiro atoms. The summed E-state index contributed by atoms with van der Waals surface area (Å²) in [6.45, 7) is 4.98. The molecule has 0 bridgehead atoms. The first kappa shape index (κ1) is 21.9. The van der Waals surface area contributed by atoms with Crippen LogP contribution in [0.3, 0.4) is 0 Å². The van der Waals surface area contributed by atoms with Crippen LogP contribution in [-0.2, 0) is 27.6 Å². The summed E-state index contributed by atoms with van der Waals surface area (Å²) in [5.41, 5.74) is 1.00. The predicted octanol–water partition coefficient (Wildman–Crippen LogP) is 3.36. The predicted molar refractivity (Wildman–Crippen MR) is 90.8 cm³/mol. The molecule has 0 radical (unpaired) electrons. The molecule has 27 heavy (non-hydrogen) atoms. The number of ether oxygens (including phenoxy) is 2. The van der Waals surface area contributed by atoms with E-state index in [9.17, 15) is 25.0 Å². The summed E-state index contributed by atoms with van der Waals surface area (Å²) in [6.07, 6.45) is 0.703. The van der Waals surface area contributed by atoms with Crippen LogP contribution in [0.4, 0.5) is 4.79 Å². The van der Waals surface area contributed by atoms with Gasteiger partial charge >= 0.3 is 6.16 Å². The van der Waals surface area contributed by atoms with E-state index in [1.165, 1.54) is 12.1 Å². The van der Waals surface area contributed by atoms with Gasteiger partial charge in [-0.25, -0.2) is 4.79 Å². The summed E-state index contributed by atoms with van der Waals surface area (Å²) >= 11 is 0. The minimum atomic E-state index is -0.975. The first-order valence-electron chi connectivity index (χ1n) is 8.24. The lowest BCUT2D eigenvalue weighted by molar-refractivity contribution is -0.763. The van der Waals surface area contributed by atoms with Crippen molar-refractivity contribution in [1.29, 1.82) is 0 Å². The molecule has 0 amide bonds. The van der Waals surface area contributed by atoms with Crippen molar-refractivity contribution in [3.05, 3.63) is 49.1 Å². The van der Waals surface area contributed by atoms with E-state index in [0.29, 0.717) is 23.5 Å². The Labute approximate surface area is 155 Å². The van der Waals surface area contributed by atoms with Crippen molar-refractivity contribution in [2.75, 3.05) is 6.61 Å². The van der Waals surface area contributed by atoms with E-state index in [0.717, 1.165) is 6.42 Å². The van der Waals surface area contributed by atoms with Crippen LogP contribution in [0.2, 0.25) is 0 Å². The van der Waals surface area contributed by atoms with Gasteiger partial charge in [0.25, 0.3) is 10.2 Å². The Balaban J connectivity index is 2.89. The van der Waals surface area contributed by atoms with Crippen LogP contribution in [0, 0.1) is 33.1 Å². The van der Waals surface area contributed by atoms with Crippen LogP contribution in [0.1, 0.15) is 43.4 Å². The minimum Gasteiger partial charge on any atom is -0.434 e. The Kier molecular flexibility index (Phi) is 8.76. The van der Waals surface area contributed by atoms with Gasteiger partial charge in [-0.15, -0.1) is 20.2 Å². The van der Waals surface area contributed by atoms with Gasteiger partial charge in [0.05, 0.1) is 6.61 Å². The highest BCUT2D eigenvalue weighted by Crippen LogP contribution is 2.26. The van der Waals surface area contributed by atoms with Crippen molar-refractivity contribution in [3.8, 4) is 5.75 Å². The van der Waals surface area contributed by atoms with Crippen molar-refractivity contribution >= 4 is 6.16 Å². The largest absolute Gasteiger partial charge is 0.513 e. The molecule has 0 fully saturated rings. The van der Waals surface area contributed by atoms with Crippen molar-refractivity contribution in [1.82, 2.24) is 0 Å². The number of carbonyl (C=O) groups is 1. The summed E-state index contributed by atoms with van der Waals surface area (Å²) in [5, 5.41) is 18.8. The zero-order chi connectivity index (χ0) is 20.4. The van der Waals surface area contributed by atoms with Crippen LogP contribution < -0.4 is 4.74 Å². The number of hydrogen-bond acceptors (Lipinski definition) is 9. The second kappa shape index (κ2) is 10.8. The molecule has 0 heterocycles. The highest BCUT2D eigenvalue weighted by Gasteiger charge is 2.15. The molecule has 11 heteroatoms. The molecule has 150 valence electrons. The molecule has 1 unspecified atom stereocenters. The van der Waals surface area contributed by atoms with Gasteiger partial charge in [-0.2, -0.15) is 0 Å². The third-order valence-electron chi connectivity index (χ3n) is 3.91. The molecule has 1 aromatic rings. The zero-order valence-electron chi connectivity index (χ0n) is 15.3. The quantitative estimate of drug-likeness (QED) is 0.242. The van der Waals surface area contributed by atoms with Gasteiger partial charge in [-0.1, -0.05) is 26.3 Å². The van der Waals surface area contributed by atoms with Gasteiger partial charge in [-0.05, 0) is 42.0 Å². The molecular weight excluding hydrogens is 364 g/mol. The van der Waals surface area contributed by atoms with Crippen molar-refractivity contribution < 1.29 is 34.1 Å². The van der Waals surface area contributed by atoms with Crippen molar-refractivity contribution in [3.63, 3.8) is 0 Å². The van der Waals surface area contributed by atoms with E-state index in [1.807, 2.05) is 13.8 Å². The topological polar surface area (TPSA) is 140 Å². The Bertz CT molecular complexity index is 678. The van der Waals surface area contributed by atoms with E-state index < -0.39 is 29.5 Å². The number of nitrogens with zero attached hydrogens (tertiary/aromatic N) is 2. The normalized spacial score (nSPS) is 11.4. The van der Waals surface area contributed by atoms with Gasteiger partial charge in [0.15, 0.2) is 0 Å². The molecule has 1 rings (SSSR count). The maximum Gasteiger partial charge on any atom is 0.513 e. The van der Waals surface area contributed by atoms with E-state index in [-0.39, 0.29) is 17.9 Å².